The normalized spacial score (nSPS) is 13.5. The molecule has 2 N–H and O–H groups in total. The average Bonchev–Trinajstić information content (AvgIpc) is 2.99. The van der Waals surface area contributed by atoms with Crippen LogP contribution >= 0.6 is 11.6 Å². The summed E-state index contributed by atoms with van der Waals surface area (Å²) in [4.78, 5) is 38.2. The summed E-state index contributed by atoms with van der Waals surface area (Å²) >= 11 is 6.16. The Morgan fingerprint density at radius 3 is 2.23 bits per heavy atom. The van der Waals surface area contributed by atoms with E-state index in [-0.39, 0.29) is 12.5 Å². The minimum atomic E-state index is -1.46. The molecule has 0 aromatic heterocycles. The molecule has 4 aromatic carbocycles. The van der Waals surface area contributed by atoms with Crippen molar-refractivity contribution in [1.82, 2.24) is 4.90 Å². The van der Waals surface area contributed by atoms with Crippen LogP contribution in [0.5, 0.6) is 0 Å². The first-order valence-corrected chi connectivity index (χ1v) is 14.5. The number of rotatable bonds is 13. The monoisotopic (exact) mass is 619 g/mol. The Bertz CT molecular complexity index is 1670. The molecule has 1 amide bonds. The third-order valence-corrected chi connectivity index (χ3v) is 7.95. The first-order chi connectivity index (χ1) is 21.0. The van der Waals surface area contributed by atoms with E-state index in [2.05, 4.69) is 6.07 Å². The fourth-order valence-corrected chi connectivity index (χ4v) is 5.41. The number of carboxylic acid groups (broad SMARTS) is 2. The highest BCUT2D eigenvalue weighted by atomic mass is 35.5. The summed E-state index contributed by atoms with van der Waals surface area (Å²) in [5.74, 6) is -7.26. The first kappa shape index (κ1) is 32.4. The molecule has 3 atom stereocenters. The van der Waals surface area contributed by atoms with Crippen LogP contribution in [0.15, 0.2) is 91.0 Å². The van der Waals surface area contributed by atoms with E-state index in [1.165, 1.54) is 11.0 Å². The minimum Gasteiger partial charge on any atom is -0.481 e. The zero-order valence-corrected chi connectivity index (χ0v) is 24.8. The Balaban J connectivity index is 1.68. The number of allylic oxidation sites excluding steroid dienone is 1. The van der Waals surface area contributed by atoms with E-state index >= 15 is 0 Å². The summed E-state index contributed by atoms with van der Waals surface area (Å²) in [5, 5.41) is 21.6. The van der Waals surface area contributed by atoms with Crippen molar-refractivity contribution in [3.8, 4) is 0 Å². The fourth-order valence-electron chi connectivity index (χ4n) is 5.28. The van der Waals surface area contributed by atoms with Crippen LogP contribution in [-0.2, 0) is 20.9 Å². The summed E-state index contributed by atoms with van der Waals surface area (Å²) in [7, 11) is 0. The number of fused-ring (bicyclic) bond motifs is 1. The molecular weight excluding hydrogens is 588 g/mol. The van der Waals surface area contributed by atoms with E-state index in [0.29, 0.717) is 17.0 Å². The van der Waals surface area contributed by atoms with Crippen molar-refractivity contribution >= 4 is 46.3 Å². The van der Waals surface area contributed by atoms with E-state index in [4.69, 9.17) is 11.6 Å². The van der Waals surface area contributed by atoms with E-state index in [9.17, 15) is 33.4 Å². The van der Waals surface area contributed by atoms with Gasteiger partial charge in [-0.1, -0.05) is 78.4 Å². The number of carboxylic acids is 2. The van der Waals surface area contributed by atoms with Crippen LogP contribution in [0.3, 0.4) is 0 Å². The second-order valence-electron chi connectivity index (χ2n) is 10.8. The standard InChI is InChI=1S/C35H32ClF2NO5/c1-22(39(21-24-10-16-31(37)32(38)18-24)33(40)19-28(35(43)44)20-34(41)42)30(26-12-14-29(36)15-13-26)8-4-5-23-9-11-25-6-2-3-7-27(25)17-23/h2-7,9-18,22,28,30H,8,19-21H2,1H3,(H,41,42)(H,43,44)/b5-4+. The van der Waals surface area contributed by atoms with E-state index in [1.54, 1.807) is 19.1 Å². The van der Waals surface area contributed by atoms with Crippen LogP contribution in [0, 0.1) is 17.6 Å². The Morgan fingerprint density at radius 1 is 0.864 bits per heavy atom. The molecule has 0 radical (unpaired) electrons. The zero-order chi connectivity index (χ0) is 31.8. The lowest BCUT2D eigenvalue weighted by Crippen LogP contribution is -2.43. The van der Waals surface area contributed by atoms with Crippen LogP contribution in [-0.4, -0.2) is 39.0 Å². The Morgan fingerprint density at radius 2 is 1.57 bits per heavy atom. The molecule has 44 heavy (non-hydrogen) atoms. The minimum absolute atomic E-state index is 0.144. The molecule has 0 spiro atoms. The van der Waals surface area contributed by atoms with Gasteiger partial charge in [-0.2, -0.15) is 0 Å². The average molecular weight is 620 g/mol. The van der Waals surface area contributed by atoms with Gasteiger partial charge in [-0.3, -0.25) is 14.4 Å². The first-order valence-electron chi connectivity index (χ1n) is 14.1. The Hall–Kier alpha value is -4.56. The van der Waals surface area contributed by atoms with Crippen LogP contribution in [0.4, 0.5) is 8.78 Å². The Kier molecular flexibility index (Phi) is 10.8. The van der Waals surface area contributed by atoms with Gasteiger partial charge in [0, 0.05) is 29.9 Å². The number of nitrogens with zero attached hydrogens (tertiary/aromatic N) is 1. The van der Waals surface area contributed by atoms with E-state index < -0.39 is 54.3 Å². The summed E-state index contributed by atoms with van der Waals surface area (Å²) in [5.41, 5.74) is 2.14. The van der Waals surface area contributed by atoms with Gasteiger partial charge in [-0.15, -0.1) is 0 Å². The van der Waals surface area contributed by atoms with Crippen LogP contribution in [0.2, 0.25) is 5.02 Å². The van der Waals surface area contributed by atoms with Crippen molar-refractivity contribution in [3.05, 3.63) is 124 Å². The van der Waals surface area contributed by atoms with Crippen LogP contribution in [0.25, 0.3) is 16.8 Å². The third kappa shape index (κ3) is 8.51. The smallest absolute Gasteiger partial charge is 0.307 e. The predicted octanol–water partition coefficient (Wildman–Crippen LogP) is 7.94. The van der Waals surface area contributed by atoms with Crippen molar-refractivity contribution in [3.63, 3.8) is 0 Å². The zero-order valence-electron chi connectivity index (χ0n) is 24.0. The molecule has 0 bridgehead atoms. The fraction of sp³-hybridized carbons (Fsp3) is 0.229. The van der Waals surface area contributed by atoms with Crippen molar-refractivity contribution in [2.75, 3.05) is 0 Å². The number of aliphatic carboxylic acids is 2. The lowest BCUT2D eigenvalue weighted by molar-refractivity contribution is -0.151. The van der Waals surface area contributed by atoms with Gasteiger partial charge >= 0.3 is 11.9 Å². The Labute approximate surface area is 259 Å². The maximum Gasteiger partial charge on any atom is 0.307 e. The highest BCUT2D eigenvalue weighted by Crippen LogP contribution is 2.31. The quantitative estimate of drug-likeness (QED) is 0.158. The summed E-state index contributed by atoms with van der Waals surface area (Å²) in [6, 6.07) is 24.0. The van der Waals surface area contributed by atoms with Gasteiger partial charge in [0.2, 0.25) is 5.91 Å². The molecule has 0 fully saturated rings. The SMILES string of the molecule is CC(C(C/C=C/c1ccc2ccccc2c1)c1ccc(Cl)cc1)N(Cc1ccc(F)c(F)c1)C(=O)CC(CC(=O)O)C(=O)O. The molecule has 0 heterocycles. The largest absolute Gasteiger partial charge is 0.481 e. The second-order valence-corrected chi connectivity index (χ2v) is 11.2. The number of halogens is 3. The molecule has 0 aliphatic carbocycles. The number of carbonyl (C=O) groups excluding carboxylic acids is 1. The van der Waals surface area contributed by atoms with Crippen LogP contribution in [0.1, 0.15) is 48.8 Å². The van der Waals surface area contributed by atoms with Gasteiger partial charge in [-0.05, 0) is 71.1 Å². The van der Waals surface area contributed by atoms with Gasteiger partial charge in [0.15, 0.2) is 11.6 Å². The molecule has 6 nitrogen and oxygen atoms in total. The number of hydrogen-bond acceptors (Lipinski definition) is 3. The van der Waals surface area contributed by atoms with Gasteiger partial charge in [0.1, 0.15) is 0 Å². The van der Waals surface area contributed by atoms with Gasteiger partial charge < -0.3 is 15.1 Å². The molecule has 0 saturated heterocycles. The summed E-state index contributed by atoms with van der Waals surface area (Å²) in [6.07, 6.45) is 3.13. The van der Waals surface area contributed by atoms with Gasteiger partial charge in [-0.25, -0.2) is 8.78 Å². The molecule has 0 aliphatic rings. The van der Waals surface area contributed by atoms with Crippen molar-refractivity contribution in [2.24, 2.45) is 5.92 Å². The van der Waals surface area contributed by atoms with Crippen molar-refractivity contribution < 1.29 is 33.4 Å². The van der Waals surface area contributed by atoms with Gasteiger partial charge in [0.25, 0.3) is 0 Å². The molecular formula is C35H32ClF2NO5. The molecule has 9 heteroatoms. The molecule has 228 valence electrons. The molecule has 0 aliphatic heterocycles. The topological polar surface area (TPSA) is 94.9 Å². The number of hydrogen-bond donors (Lipinski definition) is 2. The predicted molar refractivity (Wildman–Crippen MR) is 166 cm³/mol. The highest BCUT2D eigenvalue weighted by molar-refractivity contribution is 6.30. The van der Waals surface area contributed by atoms with Gasteiger partial charge in [0.05, 0.1) is 12.3 Å². The number of amides is 1. The third-order valence-electron chi connectivity index (χ3n) is 7.69. The molecule has 0 saturated carbocycles. The number of benzene rings is 4. The van der Waals surface area contributed by atoms with Crippen molar-refractivity contribution in [2.45, 2.75) is 44.7 Å². The van der Waals surface area contributed by atoms with E-state index in [0.717, 1.165) is 34.0 Å². The molecule has 3 unspecified atom stereocenters. The molecule has 4 aromatic rings. The summed E-state index contributed by atoms with van der Waals surface area (Å²) in [6.45, 7) is 1.66. The van der Waals surface area contributed by atoms with E-state index in [1.807, 2.05) is 60.7 Å². The lowest BCUT2D eigenvalue weighted by Gasteiger charge is -2.36. The maximum absolute atomic E-state index is 14.1. The highest BCUT2D eigenvalue weighted by Gasteiger charge is 2.32. The second kappa shape index (κ2) is 14.8. The van der Waals surface area contributed by atoms with Crippen molar-refractivity contribution in [1.29, 1.82) is 0 Å². The number of carbonyl (C=O) groups is 3. The lowest BCUT2D eigenvalue weighted by atomic mass is 9.87. The van der Waals surface area contributed by atoms with Crippen LogP contribution < -0.4 is 0 Å². The molecule has 4 rings (SSSR count). The maximum atomic E-state index is 14.1. The summed E-state index contributed by atoms with van der Waals surface area (Å²) < 4.78 is 27.8.